The molecule has 32 heteroatoms. The third kappa shape index (κ3) is 12.5. The number of alkyl halides is 12. The second-order valence-electron chi connectivity index (χ2n) is 4.94. The van der Waals surface area contributed by atoms with Crippen molar-refractivity contribution in [2.75, 3.05) is 0 Å². The Labute approximate surface area is 184 Å². The van der Waals surface area contributed by atoms with E-state index >= 15 is 0 Å². The van der Waals surface area contributed by atoms with E-state index in [-0.39, 0.29) is 0 Å². The molecule has 9 nitrogen and oxygen atoms in total. The van der Waals surface area contributed by atoms with E-state index in [1.165, 1.54) is 0 Å². The molecule has 0 saturated heterocycles. The maximum atomic E-state index is 14.6. The lowest BCUT2D eigenvalue weighted by molar-refractivity contribution is -0.276. The fourth-order valence-electron chi connectivity index (χ4n) is 1.44. The first kappa shape index (κ1) is 33.8. The molecule has 0 aromatic heterocycles. The Hall–Kier alpha value is -0.270. The van der Waals surface area contributed by atoms with Crippen LogP contribution in [0, 0.1) is 0 Å². The van der Waals surface area contributed by atoms with E-state index < -0.39 is 64.2 Å². The van der Waals surface area contributed by atoms with E-state index in [1.807, 2.05) is 0 Å². The zero-order valence-corrected chi connectivity index (χ0v) is 19.4. The lowest BCUT2D eigenvalue weighted by Crippen LogP contribution is -2.12. The molecule has 1 aliphatic heterocycles. The first-order valence-corrected chi connectivity index (χ1v) is 14.3. The summed E-state index contributed by atoms with van der Waals surface area (Å²) in [5, 5.41) is 0. The van der Waals surface area contributed by atoms with Crippen LogP contribution in [0.3, 0.4) is 0 Å². The summed E-state index contributed by atoms with van der Waals surface area (Å²) >= 11 is 0. The van der Waals surface area contributed by atoms with Crippen molar-refractivity contribution in [3.8, 4) is 0 Å². The molecular formula is C4F18N5O4P5. The molecule has 0 aromatic carbocycles. The second kappa shape index (κ2) is 10.0. The molecule has 0 fully saturated rings. The Morgan fingerprint density at radius 3 is 0.750 bits per heavy atom. The maximum Gasteiger partial charge on any atom is 0.530 e. The van der Waals surface area contributed by atoms with Gasteiger partial charge in [-0.25, -0.2) is 18.1 Å². The van der Waals surface area contributed by atoms with Crippen LogP contribution in [0.5, 0.6) is 0 Å². The van der Waals surface area contributed by atoms with E-state index in [4.69, 9.17) is 0 Å². The Morgan fingerprint density at radius 2 is 0.528 bits per heavy atom. The zero-order chi connectivity index (χ0) is 28.9. The summed E-state index contributed by atoms with van der Waals surface area (Å²) in [4.78, 5) is 0. The first-order valence-electron chi connectivity index (χ1n) is 6.83. The number of hydrogen-bond donors (Lipinski definition) is 0. The molecule has 0 radical (unpaired) electrons. The second-order valence-corrected chi connectivity index (χ2v) is 13.9. The zero-order valence-electron chi connectivity index (χ0n) is 14.9. The molecule has 36 heavy (non-hydrogen) atoms. The highest BCUT2D eigenvalue weighted by molar-refractivity contribution is 7.78. The normalized spacial score (nSPS) is 34.4. The Kier molecular flexibility index (Phi) is 9.42. The van der Waals surface area contributed by atoms with Crippen molar-refractivity contribution < 1.29 is 96.0 Å². The number of halogens is 18. The standard InChI is InChI=1S/C4F18N5O4P5/c5-1(6,7)28-33(19)23-32(17,18)24-34(20,29-2(8,9)10)26-36(22,31-4(14,15)16)27-35(21,25-33)30-3(11,12)13. The third-order valence-electron chi connectivity index (χ3n) is 1.98. The lowest BCUT2D eigenvalue weighted by atomic mass is 11.4. The van der Waals surface area contributed by atoms with Gasteiger partial charge in [0.1, 0.15) is 0 Å². The molecule has 0 N–H and O–H groups in total. The first-order chi connectivity index (χ1) is 15.4. The predicted molar refractivity (Wildman–Crippen MR) is 81.9 cm³/mol. The minimum atomic E-state index is -7.99. The minimum absolute atomic E-state index is 0.995. The average Bonchev–Trinajstić information content (AvgIpc) is 2.30. The molecule has 1 heterocycles. The van der Waals surface area contributed by atoms with Crippen LogP contribution < -0.4 is 0 Å². The highest BCUT2D eigenvalue weighted by atomic mass is 31.3. The van der Waals surface area contributed by atoms with Crippen molar-refractivity contribution >= 4 is 38.8 Å². The van der Waals surface area contributed by atoms with Crippen molar-refractivity contribution in [3.05, 3.63) is 0 Å². The summed E-state index contributed by atoms with van der Waals surface area (Å²) in [6, 6.07) is 0. The van der Waals surface area contributed by atoms with E-state index in [2.05, 4.69) is 18.1 Å². The van der Waals surface area contributed by atoms with Gasteiger partial charge in [0.15, 0.2) is 0 Å². The number of rotatable bonds is 4. The molecular weight excluding hydrogens is 679 g/mol. The van der Waals surface area contributed by atoms with E-state index in [0.29, 0.717) is 0 Å². The highest BCUT2D eigenvalue weighted by Crippen LogP contribution is 2.84. The maximum absolute atomic E-state index is 14.6. The van der Waals surface area contributed by atoms with Crippen LogP contribution in [-0.2, 0) is 18.1 Å². The summed E-state index contributed by atoms with van der Waals surface area (Å²) in [6.45, 7) is 0. The quantitative estimate of drug-likeness (QED) is 0.218. The molecule has 4 atom stereocenters. The summed E-state index contributed by atoms with van der Waals surface area (Å²) < 4.78 is 248. The Morgan fingerprint density at radius 1 is 0.333 bits per heavy atom. The van der Waals surface area contributed by atoms with Gasteiger partial charge in [0.25, 0.3) is 0 Å². The van der Waals surface area contributed by atoms with Crippen LogP contribution in [0.1, 0.15) is 0 Å². The van der Waals surface area contributed by atoms with Gasteiger partial charge in [0.05, 0.1) is 0 Å². The van der Waals surface area contributed by atoms with Crippen molar-refractivity contribution in [1.29, 1.82) is 0 Å². The van der Waals surface area contributed by atoms with Crippen LogP contribution in [0.15, 0.2) is 22.6 Å². The van der Waals surface area contributed by atoms with E-state index in [1.54, 1.807) is 0 Å². The van der Waals surface area contributed by atoms with Crippen molar-refractivity contribution in [2.45, 2.75) is 25.4 Å². The number of nitrogens with zero attached hydrogens (tertiary/aromatic N) is 5. The Balaban J connectivity index is 4.45. The van der Waals surface area contributed by atoms with Gasteiger partial charge in [0, 0.05) is 0 Å². The van der Waals surface area contributed by atoms with E-state index in [0.717, 1.165) is 22.6 Å². The summed E-state index contributed by atoms with van der Waals surface area (Å²) in [7, 11) is -39.7. The van der Waals surface area contributed by atoms with Gasteiger partial charge in [-0.3, -0.25) is 0 Å². The van der Waals surface area contributed by atoms with Crippen LogP contribution in [0.4, 0.5) is 77.9 Å². The number of hydrogen-bond acceptors (Lipinski definition) is 9. The van der Waals surface area contributed by atoms with Crippen LogP contribution in [-0.4, -0.2) is 25.4 Å². The van der Waals surface area contributed by atoms with Gasteiger partial charge in [-0.1, -0.05) is 0 Å². The van der Waals surface area contributed by atoms with Crippen molar-refractivity contribution in [2.24, 2.45) is 22.6 Å². The fourth-order valence-corrected chi connectivity index (χ4v) is 11.4. The van der Waals surface area contributed by atoms with Gasteiger partial charge < -0.3 is 0 Å². The molecule has 0 aliphatic carbocycles. The smallest absolute Gasteiger partial charge is 0.207 e. The topological polar surface area (TPSA) is 98.7 Å². The summed E-state index contributed by atoms with van der Waals surface area (Å²) in [5.41, 5.74) is 0. The fraction of sp³-hybridized carbons (Fsp3) is 1.00. The molecule has 1 aliphatic rings. The molecule has 216 valence electrons. The van der Waals surface area contributed by atoms with Gasteiger partial charge in [0.2, 0.25) is 0 Å². The molecule has 4 unspecified atom stereocenters. The van der Waals surface area contributed by atoms with Crippen LogP contribution in [0.2, 0.25) is 0 Å². The largest absolute Gasteiger partial charge is 0.530 e. The van der Waals surface area contributed by atoms with Gasteiger partial charge in [-0.2, -0.15) is 16.8 Å². The predicted octanol–water partition coefficient (Wildman–Crippen LogP) is 11.7. The molecule has 0 spiro atoms. The molecule has 0 aromatic rings. The van der Waals surface area contributed by atoms with Gasteiger partial charge >= 0.3 is 64.2 Å². The van der Waals surface area contributed by atoms with Crippen LogP contribution in [0.25, 0.3) is 0 Å². The SMILES string of the molecule is FC(F)(F)OP1(F)=NP(F)(F)=NP(F)(OC(F)(F)F)=NP(F)(OC(F)(F)F)=NP(F)(OC(F)(F)F)=N1. The average molecular weight is 679 g/mol. The van der Waals surface area contributed by atoms with Gasteiger partial charge in [-0.05, 0) is 0 Å². The minimum Gasteiger partial charge on any atom is -0.207 e. The molecule has 0 saturated carbocycles. The lowest BCUT2D eigenvalue weighted by Gasteiger charge is -2.22. The highest BCUT2D eigenvalue weighted by Gasteiger charge is 2.53. The molecule has 1 rings (SSSR count). The summed E-state index contributed by atoms with van der Waals surface area (Å²) in [5.74, 6) is 0. The van der Waals surface area contributed by atoms with E-state index in [9.17, 15) is 77.9 Å². The summed E-state index contributed by atoms with van der Waals surface area (Å²) in [6.07, 6.45) is -26.8. The third-order valence-corrected chi connectivity index (χ3v) is 12.5. The van der Waals surface area contributed by atoms with Gasteiger partial charge in [-0.15, -0.1) is 83.7 Å². The van der Waals surface area contributed by atoms with Crippen molar-refractivity contribution in [3.63, 3.8) is 0 Å². The van der Waals surface area contributed by atoms with Crippen LogP contribution >= 0.6 is 38.8 Å². The molecule has 0 amide bonds. The van der Waals surface area contributed by atoms with Crippen molar-refractivity contribution in [1.82, 2.24) is 0 Å². The monoisotopic (exact) mass is 679 g/mol. The Bertz CT molecular complexity index is 1090. The molecule has 0 bridgehead atoms.